The number of nitrogens with zero attached hydrogens (tertiary/aromatic N) is 4. The molecule has 2 aliphatic rings. The van der Waals surface area contributed by atoms with Gasteiger partial charge in [-0.2, -0.15) is 5.21 Å². The Morgan fingerprint density at radius 1 is 1.29 bits per heavy atom. The molecule has 0 amide bonds. The van der Waals surface area contributed by atoms with Crippen molar-refractivity contribution >= 4 is 11.6 Å². The Balaban J connectivity index is 1.59. The SMILES string of the molecule is OC1CCC2C(CCCN2Cc2ccc(Cl)cc2-c2nn[nH]n2)C1. The predicted octanol–water partition coefficient (Wildman–Crippen LogP) is 2.65. The summed E-state index contributed by atoms with van der Waals surface area (Å²) >= 11 is 6.18. The van der Waals surface area contributed by atoms with Crippen LogP contribution in [0, 0.1) is 5.92 Å². The van der Waals surface area contributed by atoms with Gasteiger partial charge in [-0.25, -0.2) is 0 Å². The summed E-state index contributed by atoms with van der Waals surface area (Å²) in [5, 5.41) is 25.1. The summed E-state index contributed by atoms with van der Waals surface area (Å²) < 4.78 is 0. The van der Waals surface area contributed by atoms with E-state index in [1.807, 2.05) is 12.1 Å². The van der Waals surface area contributed by atoms with Crippen LogP contribution in [0.2, 0.25) is 5.02 Å². The average Bonchev–Trinajstić information content (AvgIpc) is 3.11. The molecule has 0 radical (unpaired) electrons. The van der Waals surface area contributed by atoms with Crippen molar-refractivity contribution in [2.45, 2.75) is 50.8 Å². The van der Waals surface area contributed by atoms with Crippen LogP contribution in [-0.2, 0) is 6.54 Å². The molecule has 1 aromatic heterocycles. The van der Waals surface area contributed by atoms with Crippen LogP contribution >= 0.6 is 11.6 Å². The molecular formula is C17H22ClN5O. The maximum atomic E-state index is 9.96. The molecule has 2 N–H and O–H groups in total. The van der Waals surface area contributed by atoms with Crippen LogP contribution in [0.1, 0.15) is 37.7 Å². The number of aromatic nitrogens is 4. The first-order valence-electron chi connectivity index (χ1n) is 8.65. The number of aliphatic hydroxyl groups is 1. The minimum absolute atomic E-state index is 0.114. The number of aromatic amines is 1. The zero-order chi connectivity index (χ0) is 16.5. The van der Waals surface area contributed by atoms with Gasteiger partial charge in [-0.1, -0.05) is 17.7 Å². The van der Waals surface area contributed by atoms with Crippen LogP contribution in [0.4, 0.5) is 0 Å². The van der Waals surface area contributed by atoms with Crippen LogP contribution in [-0.4, -0.2) is 49.3 Å². The summed E-state index contributed by atoms with van der Waals surface area (Å²) in [6.45, 7) is 1.96. The van der Waals surface area contributed by atoms with E-state index in [2.05, 4.69) is 31.6 Å². The number of piperidine rings is 1. The fraction of sp³-hybridized carbons (Fsp3) is 0.588. The second-order valence-electron chi connectivity index (χ2n) is 6.94. The van der Waals surface area contributed by atoms with E-state index in [1.165, 1.54) is 18.4 Å². The van der Waals surface area contributed by atoms with Crippen molar-refractivity contribution in [1.29, 1.82) is 0 Å². The van der Waals surface area contributed by atoms with Crippen LogP contribution in [0.3, 0.4) is 0 Å². The van der Waals surface area contributed by atoms with Gasteiger partial charge >= 0.3 is 0 Å². The molecule has 1 saturated carbocycles. The first-order chi connectivity index (χ1) is 11.7. The van der Waals surface area contributed by atoms with Gasteiger partial charge in [0.15, 0.2) is 0 Å². The lowest BCUT2D eigenvalue weighted by molar-refractivity contribution is 0.00139. The first-order valence-corrected chi connectivity index (χ1v) is 9.03. The average molecular weight is 348 g/mol. The van der Waals surface area contributed by atoms with Gasteiger partial charge in [0.25, 0.3) is 0 Å². The summed E-state index contributed by atoms with van der Waals surface area (Å²) in [6, 6.07) is 6.46. The molecule has 0 spiro atoms. The molecule has 0 bridgehead atoms. The van der Waals surface area contributed by atoms with E-state index in [0.29, 0.717) is 22.8 Å². The molecule has 2 aromatic rings. The van der Waals surface area contributed by atoms with Gasteiger partial charge in [0.05, 0.1) is 6.10 Å². The Morgan fingerprint density at radius 3 is 3.04 bits per heavy atom. The topological polar surface area (TPSA) is 77.9 Å². The van der Waals surface area contributed by atoms with Gasteiger partial charge in [-0.05, 0) is 67.5 Å². The number of fused-ring (bicyclic) bond motifs is 1. The molecule has 2 heterocycles. The fourth-order valence-corrected chi connectivity index (χ4v) is 4.49. The number of H-pyrrole nitrogens is 1. The van der Waals surface area contributed by atoms with Gasteiger partial charge < -0.3 is 5.11 Å². The molecule has 3 unspecified atom stereocenters. The number of tetrazole rings is 1. The normalized spacial score (nSPS) is 27.8. The van der Waals surface area contributed by atoms with Crippen LogP contribution < -0.4 is 0 Å². The Labute approximate surface area is 146 Å². The lowest BCUT2D eigenvalue weighted by Gasteiger charge is -2.45. The highest BCUT2D eigenvalue weighted by Gasteiger charge is 2.36. The third-order valence-corrected chi connectivity index (χ3v) is 5.67. The molecule has 3 atom stereocenters. The minimum Gasteiger partial charge on any atom is -0.393 e. The lowest BCUT2D eigenvalue weighted by Crippen LogP contribution is -2.48. The molecule has 1 aliphatic carbocycles. The van der Waals surface area contributed by atoms with E-state index in [0.717, 1.165) is 37.9 Å². The van der Waals surface area contributed by atoms with Gasteiger partial charge in [-0.15, -0.1) is 10.2 Å². The van der Waals surface area contributed by atoms with E-state index in [-0.39, 0.29) is 6.10 Å². The molecule has 24 heavy (non-hydrogen) atoms. The summed E-state index contributed by atoms with van der Waals surface area (Å²) in [4.78, 5) is 2.56. The van der Waals surface area contributed by atoms with Crippen molar-refractivity contribution in [1.82, 2.24) is 25.5 Å². The van der Waals surface area contributed by atoms with Gasteiger partial charge in [0.2, 0.25) is 5.82 Å². The summed E-state index contributed by atoms with van der Waals surface area (Å²) in [5.41, 5.74) is 2.11. The summed E-state index contributed by atoms with van der Waals surface area (Å²) in [6.07, 6.45) is 5.25. The molecule has 1 aliphatic heterocycles. The van der Waals surface area contributed by atoms with Crippen LogP contribution in [0.5, 0.6) is 0 Å². The van der Waals surface area contributed by atoms with Crippen molar-refractivity contribution in [2.24, 2.45) is 5.92 Å². The highest BCUT2D eigenvalue weighted by Crippen LogP contribution is 2.37. The number of benzene rings is 1. The number of hydrogen-bond acceptors (Lipinski definition) is 5. The van der Waals surface area contributed by atoms with Crippen molar-refractivity contribution in [2.75, 3.05) is 6.54 Å². The molecule has 1 aromatic carbocycles. The van der Waals surface area contributed by atoms with Crippen molar-refractivity contribution < 1.29 is 5.11 Å². The van der Waals surface area contributed by atoms with E-state index in [9.17, 15) is 5.11 Å². The third kappa shape index (κ3) is 3.18. The fourth-order valence-electron chi connectivity index (χ4n) is 4.32. The molecule has 7 heteroatoms. The van der Waals surface area contributed by atoms with Crippen molar-refractivity contribution in [3.05, 3.63) is 28.8 Å². The predicted molar refractivity (Wildman–Crippen MR) is 91.4 cm³/mol. The number of aliphatic hydroxyl groups excluding tert-OH is 1. The molecule has 128 valence electrons. The number of hydrogen-bond donors (Lipinski definition) is 2. The van der Waals surface area contributed by atoms with Gasteiger partial charge in [0.1, 0.15) is 0 Å². The third-order valence-electron chi connectivity index (χ3n) is 5.44. The van der Waals surface area contributed by atoms with Crippen LogP contribution in [0.25, 0.3) is 11.4 Å². The molecular weight excluding hydrogens is 326 g/mol. The number of rotatable bonds is 3. The van der Waals surface area contributed by atoms with E-state index in [4.69, 9.17) is 11.6 Å². The summed E-state index contributed by atoms with van der Waals surface area (Å²) in [7, 11) is 0. The number of nitrogens with one attached hydrogen (secondary N) is 1. The molecule has 6 nitrogen and oxygen atoms in total. The first kappa shape index (κ1) is 16.0. The van der Waals surface area contributed by atoms with E-state index < -0.39 is 0 Å². The number of halogens is 1. The number of likely N-dealkylation sites (tertiary alicyclic amines) is 1. The second-order valence-corrected chi connectivity index (χ2v) is 7.38. The maximum absolute atomic E-state index is 9.96. The highest BCUT2D eigenvalue weighted by atomic mass is 35.5. The minimum atomic E-state index is -0.114. The Morgan fingerprint density at radius 2 is 2.21 bits per heavy atom. The lowest BCUT2D eigenvalue weighted by atomic mass is 9.77. The standard InChI is InChI=1S/C17H22ClN5O/c18-13-4-3-12(15(9-13)17-19-21-22-20-17)10-23-7-1-2-11-8-14(24)5-6-16(11)23/h3-4,9,11,14,16,24H,1-2,5-8,10H2,(H,19,20,21,22). The Kier molecular flexibility index (Phi) is 4.52. The zero-order valence-electron chi connectivity index (χ0n) is 13.5. The highest BCUT2D eigenvalue weighted by molar-refractivity contribution is 6.30. The monoisotopic (exact) mass is 347 g/mol. The van der Waals surface area contributed by atoms with Gasteiger partial charge in [-0.3, -0.25) is 4.90 Å². The Bertz CT molecular complexity index is 692. The smallest absolute Gasteiger partial charge is 0.205 e. The van der Waals surface area contributed by atoms with Crippen molar-refractivity contribution in [3.63, 3.8) is 0 Å². The molecule has 1 saturated heterocycles. The molecule has 2 fully saturated rings. The van der Waals surface area contributed by atoms with Crippen molar-refractivity contribution in [3.8, 4) is 11.4 Å². The Hall–Kier alpha value is -1.50. The maximum Gasteiger partial charge on any atom is 0.205 e. The molecule has 4 rings (SSSR count). The van der Waals surface area contributed by atoms with E-state index in [1.54, 1.807) is 0 Å². The van der Waals surface area contributed by atoms with Crippen LogP contribution in [0.15, 0.2) is 18.2 Å². The van der Waals surface area contributed by atoms with Gasteiger partial charge in [0, 0.05) is 23.2 Å². The largest absolute Gasteiger partial charge is 0.393 e. The summed E-state index contributed by atoms with van der Waals surface area (Å²) in [5.74, 6) is 1.20. The van der Waals surface area contributed by atoms with E-state index >= 15 is 0 Å². The second kappa shape index (κ2) is 6.78. The zero-order valence-corrected chi connectivity index (χ0v) is 14.3. The quantitative estimate of drug-likeness (QED) is 0.892.